The number of carbonyl (C=O) groups is 2. The van der Waals surface area contributed by atoms with Crippen LogP contribution in [0.25, 0.3) is 0 Å². The zero-order chi connectivity index (χ0) is 15.4. The molecule has 0 aromatic rings. The van der Waals surface area contributed by atoms with Crippen molar-refractivity contribution in [3.05, 3.63) is 0 Å². The smallest absolute Gasteiger partial charge is 0.234 e. The number of hydrogen-bond donors (Lipinski definition) is 2. The molecule has 0 saturated carbocycles. The van der Waals surface area contributed by atoms with Gasteiger partial charge in [0.05, 0.1) is 0 Å². The van der Waals surface area contributed by atoms with Gasteiger partial charge in [-0.3, -0.25) is 9.59 Å². The summed E-state index contributed by atoms with van der Waals surface area (Å²) < 4.78 is 1.09. The van der Waals surface area contributed by atoms with Crippen molar-refractivity contribution in [1.29, 1.82) is 0 Å². The lowest BCUT2D eigenvalue weighted by molar-refractivity contribution is -0.130. The van der Waals surface area contributed by atoms with Gasteiger partial charge in [0.2, 0.25) is 19.4 Å². The summed E-state index contributed by atoms with van der Waals surface area (Å²) in [5.41, 5.74) is 0. The Kier molecular flexibility index (Phi) is 7.85. The molecule has 0 heterocycles. The fourth-order valence-electron chi connectivity index (χ4n) is 0.891. The fraction of sp³-hybridized carbons (Fsp3) is 0.750. The van der Waals surface area contributed by atoms with Crippen molar-refractivity contribution in [2.75, 3.05) is 0 Å². The van der Waals surface area contributed by atoms with E-state index >= 15 is 0 Å². The molecule has 0 aromatic carbocycles. The Morgan fingerprint density at radius 3 is 1.26 bits per heavy atom. The van der Waals surface area contributed by atoms with E-state index < -0.39 is 31.9 Å². The van der Waals surface area contributed by atoms with Crippen molar-refractivity contribution >= 4 is 81.4 Å². The number of hydrogen-bond acceptors (Lipinski definition) is 3. The summed E-state index contributed by atoms with van der Waals surface area (Å²) in [6, 6.07) is 0. The van der Waals surface area contributed by atoms with Gasteiger partial charge in [-0.2, -0.15) is 0 Å². The van der Waals surface area contributed by atoms with Gasteiger partial charge in [-0.1, -0.05) is 69.6 Å². The lowest BCUT2D eigenvalue weighted by atomic mass is 10.5. The second-order valence-electron chi connectivity index (χ2n) is 3.38. The summed E-state index contributed by atoms with van der Waals surface area (Å²) >= 11 is 33.7. The molecule has 2 N–H and O–H groups in total. The summed E-state index contributed by atoms with van der Waals surface area (Å²) in [6.07, 6.45) is -2.86. The van der Waals surface area contributed by atoms with E-state index in [2.05, 4.69) is 10.6 Å². The number of amides is 2. The topological polar surface area (TPSA) is 67.4 Å². The molecule has 0 radical (unpaired) electrons. The van der Waals surface area contributed by atoms with Crippen LogP contribution in [0.3, 0.4) is 0 Å². The Balaban J connectivity index is 5.03. The molecule has 5 nitrogen and oxygen atoms in total. The van der Waals surface area contributed by atoms with Gasteiger partial charge in [-0.15, -0.1) is 0 Å². The summed E-state index contributed by atoms with van der Waals surface area (Å²) in [7, 11) is 0. The third-order valence-corrected chi connectivity index (χ3v) is 2.72. The molecule has 19 heavy (non-hydrogen) atoms. The van der Waals surface area contributed by atoms with E-state index in [9.17, 15) is 9.59 Å². The summed E-state index contributed by atoms with van der Waals surface area (Å²) in [6.45, 7) is 2.35. The van der Waals surface area contributed by atoms with Crippen LogP contribution in [0.15, 0.2) is 0 Å². The molecule has 2 atom stereocenters. The SMILES string of the molecule is CC(=O)N[C@H](O[C@@H](NC(C)=O)C(Cl)(Cl)Cl)C(Cl)(Cl)Cl. The zero-order valence-corrected chi connectivity index (χ0v) is 14.2. The molecule has 0 aromatic heterocycles. The van der Waals surface area contributed by atoms with Crippen molar-refractivity contribution in [3.63, 3.8) is 0 Å². The maximum absolute atomic E-state index is 11.0. The van der Waals surface area contributed by atoms with E-state index in [1.54, 1.807) is 0 Å². The first-order chi connectivity index (χ1) is 8.34. The molecule has 0 aliphatic carbocycles. The van der Waals surface area contributed by atoms with Gasteiger partial charge in [0.15, 0.2) is 12.5 Å². The Labute approximate surface area is 140 Å². The molecule has 0 rings (SSSR count). The Morgan fingerprint density at radius 2 is 1.11 bits per heavy atom. The number of rotatable bonds is 4. The van der Waals surface area contributed by atoms with Crippen molar-refractivity contribution < 1.29 is 14.3 Å². The van der Waals surface area contributed by atoms with Crippen LogP contribution in [-0.2, 0) is 14.3 Å². The van der Waals surface area contributed by atoms with Crippen molar-refractivity contribution in [2.24, 2.45) is 0 Å². The summed E-state index contributed by atoms with van der Waals surface area (Å²) in [4.78, 5) is 22.0. The number of alkyl halides is 6. The first kappa shape index (κ1) is 19.6. The van der Waals surface area contributed by atoms with E-state index in [1.165, 1.54) is 13.8 Å². The zero-order valence-electron chi connectivity index (χ0n) is 9.65. The third-order valence-electron chi connectivity index (χ3n) is 1.54. The number of halogens is 6. The van der Waals surface area contributed by atoms with Gasteiger partial charge in [-0.05, 0) is 0 Å². The molecule has 2 amide bonds. The molecule has 0 aliphatic heterocycles. The Bertz CT molecular complexity index is 308. The molecule has 0 unspecified atom stereocenters. The van der Waals surface area contributed by atoms with Crippen LogP contribution < -0.4 is 10.6 Å². The first-order valence-electron chi connectivity index (χ1n) is 4.67. The van der Waals surface area contributed by atoms with Gasteiger partial charge in [0.25, 0.3) is 0 Å². The lowest BCUT2D eigenvalue weighted by Crippen LogP contribution is -2.54. The Morgan fingerprint density at radius 1 is 0.842 bits per heavy atom. The monoisotopic (exact) mass is 392 g/mol. The van der Waals surface area contributed by atoms with Crippen molar-refractivity contribution in [2.45, 2.75) is 33.9 Å². The van der Waals surface area contributed by atoms with Gasteiger partial charge in [-0.25, -0.2) is 0 Å². The molecule has 0 spiro atoms. The summed E-state index contributed by atoms with van der Waals surface area (Å²) in [5, 5.41) is 4.42. The van der Waals surface area contributed by atoms with E-state index in [1.807, 2.05) is 0 Å². The third kappa shape index (κ3) is 8.50. The number of carbonyl (C=O) groups excluding carboxylic acids is 2. The minimum absolute atomic E-state index is 0.540. The fourth-order valence-corrected chi connectivity index (χ4v) is 1.53. The predicted octanol–water partition coefficient (Wildman–Crippen LogP) is 2.67. The van der Waals surface area contributed by atoms with E-state index in [0.29, 0.717) is 0 Å². The van der Waals surface area contributed by atoms with Crippen LogP contribution in [0.2, 0.25) is 0 Å². The number of nitrogens with one attached hydrogen (secondary N) is 2. The highest BCUT2D eigenvalue weighted by molar-refractivity contribution is 6.68. The molecule has 112 valence electrons. The molecule has 11 heteroatoms. The second kappa shape index (κ2) is 7.59. The minimum Gasteiger partial charge on any atom is -0.327 e. The van der Waals surface area contributed by atoms with Gasteiger partial charge < -0.3 is 15.4 Å². The Hall–Kier alpha value is 0.640. The van der Waals surface area contributed by atoms with Crippen LogP contribution in [0.5, 0.6) is 0 Å². The van der Waals surface area contributed by atoms with Gasteiger partial charge in [0.1, 0.15) is 0 Å². The average Bonchev–Trinajstić information content (AvgIpc) is 2.10. The van der Waals surface area contributed by atoms with Crippen molar-refractivity contribution in [3.8, 4) is 0 Å². The molecule has 0 bridgehead atoms. The van der Waals surface area contributed by atoms with Crippen LogP contribution >= 0.6 is 69.6 Å². The minimum atomic E-state index is -2.03. The average molecular weight is 395 g/mol. The number of ether oxygens (including phenoxy) is 1. The van der Waals surface area contributed by atoms with Gasteiger partial charge in [0, 0.05) is 13.8 Å². The molecule has 0 saturated heterocycles. The highest BCUT2D eigenvalue weighted by Gasteiger charge is 2.42. The predicted molar refractivity (Wildman–Crippen MR) is 76.9 cm³/mol. The van der Waals surface area contributed by atoms with Crippen LogP contribution in [-0.4, -0.2) is 31.9 Å². The first-order valence-corrected chi connectivity index (χ1v) is 6.94. The lowest BCUT2D eigenvalue weighted by Gasteiger charge is -2.32. The quantitative estimate of drug-likeness (QED) is 0.569. The molecular formula is C8H10Cl6N2O3. The summed E-state index contributed by atoms with van der Waals surface area (Å²) in [5.74, 6) is -1.08. The molecular weight excluding hydrogens is 385 g/mol. The van der Waals surface area contributed by atoms with E-state index in [4.69, 9.17) is 74.3 Å². The highest BCUT2D eigenvalue weighted by atomic mass is 35.6. The maximum atomic E-state index is 11.0. The van der Waals surface area contributed by atoms with E-state index in [0.717, 1.165) is 0 Å². The van der Waals surface area contributed by atoms with Crippen LogP contribution in [0.1, 0.15) is 13.8 Å². The molecule has 0 fully saturated rings. The van der Waals surface area contributed by atoms with E-state index in [-0.39, 0.29) is 0 Å². The normalized spacial score (nSPS) is 15.6. The van der Waals surface area contributed by atoms with Crippen molar-refractivity contribution in [1.82, 2.24) is 10.6 Å². The second-order valence-corrected chi connectivity index (χ2v) is 8.12. The highest BCUT2D eigenvalue weighted by Crippen LogP contribution is 2.36. The largest absolute Gasteiger partial charge is 0.327 e. The van der Waals surface area contributed by atoms with Crippen LogP contribution in [0.4, 0.5) is 0 Å². The maximum Gasteiger partial charge on any atom is 0.234 e. The van der Waals surface area contributed by atoms with Crippen LogP contribution in [0, 0.1) is 0 Å². The molecule has 0 aliphatic rings. The standard InChI is InChI=1S/C8H10Cl6N2O3/c1-3(17)15-5(7(9,10)11)19-6(8(12,13)14)16-4(2)18/h5-6H,1-2H3,(H,15,17)(H,16,18)/t5-,6-/m1/s1. The van der Waals surface area contributed by atoms with Gasteiger partial charge >= 0.3 is 0 Å².